The Kier molecular flexibility index (Phi) is 3.14. The molecule has 0 aliphatic carbocycles. The number of nitrogens with zero attached hydrogens (tertiary/aromatic N) is 3. The van der Waals surface area contributed by atoms with Gasteiger partial charge >= 0.3 is 0 Å². The lowest BCUT2D eigenvalue weighted by Crippen LogP contribution is -1.94. The molecule has 0 bridgehead atoms. The fourth-order valence-electron chi connectivity index (χ4n) is 1.58. The van der Waals surface area contributed by atoms with Gasteiger partial charge in [0.05, 0.1) is 11.3 Å². The molecule has 0 fully saturated rings. The molecule has 0 aliphatic heterocycles. The van der Waals surface area contributed by atoms with Gasteiger partial charge < -0.3 is 0 Å². The van der Waals surface area contributed by atoms with E-state index in [1.165, 1.54) is 0 Å². The van der Waals surface area contributed by atoms with Crippen LogP contribution in [0.3, 0.4) is 0 Å². The summed E-state index contributed by atoms with van der Waals surface area (Å²) in [7, 11) is 1.80. The van der Waals surface area contributed by atoms with Crippen LogP contribution in [-0.4, -0.2) is 20.5 Å². The average molecular weight is 227 g/mol. The van der Waals surface area contributed by atoms with Crippen LogP contribution in [-0.2, 0) is 7.05 Å². The SMILES string of the molecule is Cc1nn(C)cc1C(=O)/C=C\c1cccnc1. The highest BCUT2D eigenvalue weighted by Gasteiger charge is 2.08. The average Bonchev–Trinajstić information content (AvgIpc) is 2.67. The summed E-state index contributed by atoms with van der Waals surface area (Å²) in [5.41, 5.74) is 2.28. The summed E-state index contributed by atoms with van der Waals surface area (Å²) in [6.07, 6.45) is 8.43. The zero-order chi connectivity index (χ0) is 12.3. The van der Waals surface area contributed by atoms with Gasteiger partial charge in [0.1, 0.15) is 0 Å². The second-order valence-electron chi connectivity index (χ2n) is 3.79. The lowest BCUT2D eigenvalue weighted by Gasteiger charge is -1.92. The van der Waals surface area contributed by atoms with Gasteiger partial charge in [0, 0.05) is 25.6 Å². The molecule has 17 heavy (non-hydrogen) atoms. The summed E-state index contributed by atoms with van der Waals surface area (Å²) in [6.45, 7) is 1.82. The Balaban J connectivity index is 2.18. The van der Waals surface area contributed by atoms with Crippen molar-refractivity contribution in [3.05, 3.63) is 53.6 Å². The van der Waals surface area contributed by atoms with Crippen LogP contribution in [0, 0.1) is 6.92 Å². The Morgan fingerprint density at radius 1 is 1.47 bits per heavy atom. The van der Waals surface area contributed by atoms with Gasteiger partial charge in [0.2, 0.25) is 0 Å². The zero-order valence-corrected chi connectivity index (χ0v) is 9.79. The summed E-state index contributed by atoms with van der Waals surface area (Å²) in [5, 5.41) is 4.14. The Hall–Kier alpha value is -2.23. The van der Waals surface area contributed by atoms with Gasteiger partial charge in [-0.05, 0) is 30.7 Å². The summed E-state index contributed by atoms with van der Waals surface area (Å²) in [4.78, 5) is 15.9. The lowest BCUT2D eigenvalue weighted by atomic mass is 10.1. The molecule has 0 radical (unpaired) electrons. The molecule has 2 aromatic rings. The van der Waals surface area contributed by atoms with Crippen molar-refractivity contribution in [3.63, 3.8) is 0 Å². The van der Waals surface area contributed by atoms with Gasteiger partial charge in [-0.25, -0.2) is 0 Å². The van der Waals surface area contributed by atoms with Crippen LogP contribution in [0.2, 0.25) is 0 Å². The van der Waals surface area contributed by atoms with E-state index < -0.39 is 0 Å². The summed E-state index contributed by atoms with van der Waals surface area (Å²) < 4.78 is 1.64. The van der Waals surface area contributed by atoms with E-state index in [1.54, 1.807) is 42.5 Å². The van der Waals surface area contributed by atoms with Crippen molar-refractivity contribution >= 4 is 11.9 Å². The molecule has 0 aliphatic rings. The molecule has 0 saturated heterocycles. The van der Waals surface area contributed by atoms with Crippen LogP contribution in [0.5, 0.6) is 0 Å². The minimum absolute atomic E-state index is 0.0422. The molecule has 2 heterocycles. The topological polar surface area (TPSA) is 47.8 Å². The second kappa shape index (κ2) is 4.74. The molecular formula is C13H13N3O. The number of hydrogen-bond donors (Lipinski definition) is 0. The molecule has 4 heteroatoms. The molecule has 2 aromatic heterocycles. The van der Waals surface area contributed by atoms with Crippen LogP contribution < -0.4 is 0 Å². The highest BCUT2D eigenvalue weighted by Crippen LogP contribution is 2.08. The van der Waals surface area contributed by atoms with Crippen LogP contribution in [0.15, 0.2) is 36.8 Å². The lowest BCUT2D eigenvalue weighted by molar-refractivity contribution is 0.104. The first-order valence-electron chi connectivity index (χ1n) is 5.29. The van der Waals surface area contributed by atoms with Crippen LogP contribution >= 0.6 is 0 Å². The molecule has 0 aromatic carbocycles. The maximum atomic E-state index is 11.9. The number of allylic oxidation sites excluding steroid dienone is 1. The van der Waals surface area contributed by atoms with E-state index in [2.05, 4.69) is 10.1 Å². The first-order chi connectivity index (χ1) is 8.16. The number of rotatable bonds is 3. The van der Waals surface area contributed by atoms with Crippen molar-refractivity contribution in [2.24, 2.45) is 7.05 Å². The van der Waals surface area contributed by atoms with Crippen molar-refractivity contribution in [1.29, 1.82) is 0 Å². The van der Waals surface area contributed by atoms with E-state index in [0.29, 0.717) is 5.56 Å². The van der Waals surface area contributed by atoms with Crippen molar-refractivity contribution in [1.82, 2.24) is 14.8 Å². The third kappa shape index (κ3) is 2.66. The minimum atomic E-state index is -0.0422. The molecule has 0 saturated carbocycles. The number of aromatic nitrogens is 3. The van der Waals surface area contributed by atoms with Crippen molar-refractivity contribution in [2.45, 2.75) is 6.92 Å². The van der Waals surface area contributed by atoms with Crippen molar-refractivity contribution < 1.29 is 4.79 Å². The second-order valence-corrected chi connectivity index (χ2v) is 3.79. The van der Waals surface area contributed by atoms with Crippen LogP contribution in [0.1, 0.15) is 21.6 Å². The standard InChI is InChI=1S/C13H13N3O/c1-10-12(9-16(2)15-10)13(17)6-5-11-4-3-7-14-8-11/h3-9H,1-2H3/b6-5-. The molecular weight excluding hydrogens is 214 g/mol. The normalized spacial score (nSPS) is 10.9. The first-order valence-corrected chi connectivity index (χ1v) is 5.29. The van der Waals surface area contributed by atoms with E-state index in [0.717, 1.165) is 11.3 Å². The van der Waals surface area contributed by atoms with Gasteiger partial charge in [0.15, 0.2) is 5.78 Å². The molecule has 0 spiro atoms. The van der Waals surface area contributed by atoms with Crippen molar-refractivity contribution in [2.75, 3.05) is 0 Å². The molecule has 0 amide bonds. The highest BCUT2D eigenvalue weighted by atomic mass is 16.1. The molecule has 0 unspecified atom stereocenters. The van der Waals surface area contributed by atoms with E-state index in [-0.39, 0.29) is 5.78 Å². The number of pyridine rings is 1. The van der Waals surface area contributed by atoms with Gasteiger partial charge in [-0.3, -0.25) is 14.5 Å². The van der Waals surface area contributed by atoms with Gasteiger partial charge in [-0.2, -0.15) is 5.10 Å². The van der Waals surface area contributed by atoms with Gasteiger partial charge in [-0.1, -0.05) is 6.07 Å². The number of ketones is 1. The van der Waals surface area contributed by atoms with Gasteiger partial charge in [0.25, 0.3) is 0 Å². The summed E-state index contributed by atoms with van der Waals surface area (Å²) in [5.74, 6) is -0.0422. The molecule has 0 N–H and O–H groups in total. The molecule has 86 valence electrons. The van der Waals surface area contributed by atoms with E-state index in [1.807, 2.05) is 19.1 Å². The predicted octanol–water partition coefficient (Wildman–Crippen LogP) is 2.02. The Morgan fingerprint density at radius 2 is 2.29 bits per heavy atom. The fraction of sp³-hybridized carbons (Fsp3) is 0.154. The number of aryl methyl sites for hydroxylation is 2. The molecule has 4 nitrogen and oxygen atoms in total. The predicted molar refractivity (Wildman–Crippen MR) is 65.5 cm³/mol. The Bertz CT molecular complexity index is 555. The monoisotopic (exact) mass is 227 g/mol. The third-order valence-electron chi connectivity index (χ3n) is 2.39. The highest BCUT2D eigenvalue weighted by molar-refractivity contribution is 6.07. The largest absolute Gasteiger partial charge is 0.289 e. The maximum absolute atomic E-state index is 11.9. The number of carbonyl (C=O) groups excluding carboxylic acids is 1. The van der Waals surface area contributed by atoms with Crippen LogP contribution in [0.4, 0.5) is 0 Å². The zero-order valence-electron chi connectivity index (χ0n) is 9.79. The van der Waals surface area contributed by atoms with Crippen molar-refractivity contribution in [3.8, 4) is 0 Å². The third-order valence-corrected chi connectivity index (χ3v) is 2.39. The number of carbonyl (C=O) groups is 1. The molecule has 0 atom stereocenters. The first kappa shape index (κ1) is 11.3. The molecule has 2 rings (SSSR count). The summed E-state index contributed by atoms with van der Waals surface area (Å²) in [6, 6.07) is 3.73. The van der Waals surface area contributed by atoms with E-state index in [9.17, 15) is 4.79 Å². The summed E-state index contributed by atoms with van der Waals surface area (Å²) >= 11 is 0. The van der Waals surface area contributed by atoms with E-state index >= 15 is 0 Å². The fourth-order valence-corrected chi connectivity index (χ4v) is 1.58. The van der Waals surface area contributed by atoms with Crippen LogP contribution in [0.25, 0.3) is 6.08 Å². The minimum Gasteiger partial charge on any atom is -0.289 e. The quantitative estimate of drug-likeness (QED) is 0.595. The number of hydrogen-bond acceptors (Lipinski definition) is 3. The smallest absolute Gasteiger partial charge is 0.189 e. The maximum Gasteiger partial charge on any atom is 0.189 e. The van der Waals surface area contributed by atoms with E-state index in [4.69, 9.17) is 0 Å². The Morgan fingerprint density at radius 3 is 2.88 bits per heavy atom. The van der Waals surface area contributed by atoms with Gasteiger partial charge in [-0.15, -0.1) is 0 Å². The Labute approximate surface area is 99.6 Å².